The minimum atomic E-state index is -1.10. The lowest BCUT2D eigenvalue weighted by molar-refractivity contribution is 0.0695. The van der Waals surface area contributed by atoms with Gasteiger partial charge in [-0.3, -0.25) is 0 Å². The van der Waals surface area contributed by atoms with Crippen molar-refractivity contribution < 1.29 is 19.0 Å². The molecular formula is C15H14FNO3. The van der Waals surface area contributed by atoms with Crippen molar-refractivity contribution >= 4 is 11.7 Å². The number of halogens is 1. The molecule has 0 radical (unpaired) electrons. The Hall–Kier alpha value is -2.56. The lowest BCUT2D eigenvalue weighted by Crippen LogP contribution is -2.09. The van der Waals surface area contributed by atoms with Crippen molar-refractivity contribution in [1.82, 2.24) is 0 Å². The Bertz CT molecular complexity index is 656. The molecule has 0 atom stereocenters. The number of ether oxygens (including phenoxy) is 1. The van der Waals surface area contributed by atoms with Crippen LogP contribution in [0.4, 0.5) is 10.1 Å². The van der Waals surface area contributed by atoms with Crippen LogP contribution >= 0.6 is 0 Å². The summed E-state index contributed by atoms with van der Waals surface area (Å²) in [5.41, 5.74) is 7.00. The molecule has 2 rings (SSSR count). The van der Waals surface area contributed by atoms with Crippen LogP contribution in [0.3, 0.4) is 0 Å². The Labute approximate surface area is 115 Å². The van der Waals surface area contributed by atoms with E-state index >= 15 is 0 Å². The Morgan fingerprint density at radius 3 is 2.75 bits per heavy atom. The molecule has 0 amide bonds. The van der Waals surface area contributed by atoms with E-state index in [1.807, 2.05) is 0 Å². The lowest BCUT2D eigenvalue weighted by Gasteiger charge is -2.12. The van der Waals surface area contributed by atoms with Crippen molar-refractivity contribution in [3.63, 3.8) is 0 Å². The lowest BCUT2D eigenvalue weighted by atomic mass is 10.1. The van der Waals surface area contributed by atoms with Gasteiger partial charge < -0.3 is 15.6 Å². The van der Waals surface area contributed by atoms with Crippen LogP contribution in [-0.2, 0) is 6.61 Å². The highest BCUT2D eigenvalue weighted by Gasteiger charge is 2.14. The minimum Gasteiger partial charge on any atom is -0.489 e. The van der Waals surface area contributed by atoms with Crippen molar-refractivity contribution in [2.24, 2.45) is 0 Å². The first kappa shape index (κ1) is 13.9. The third-order valence-corrected chi connectivity index (χ3v) is 2.92. The molecule has 3 N–H and O–H groups in total. The summed E-state index contributed by atoms with van der Waals surface area (Å²) >= 11 is 0. The van der Waals surface area contributed by atoms with Gasteiger partial charge >= 0.3 is 5.97 Å². The van der Waals surface area contributed by atoms with Crippen LogP contribution in [0, 0.1) is 12.7 Å². The SMILES string of the molecule is Cc1cc(F)ccc1OCc1cccc(N)c1C(=O)O. The molecule has 4 nitrogen and oxygen atoms in total. The number of rotatable bonds is 4. The first-order valence-corrected chi connectivity index (χ1v) is 5.98. The van der Waals surface area contributed by atoms with Gasteiger partial charge in [0, 0.05) is 11.3 Å². The van der Waals surface area contributed by atoms with E-state index < -0.39 is 5.97 Å². The summed E-state index contributed by atoms with van der Waals surface area (Å²) in [6, 6.07) is 8.98. The monoisotopic (exact) mass is 275 g/mol. The summed E-state index contributed by atoms with van der Waals surface area (Å²) in [7, 11) is 0. The van der Waals surface area contributed by atoms with E-state index in [1.54, 1.807) is 19.1 Å². The van der Waals surface area contributed by atoms with Gasteiger partial charge in [-0.15, -0.1) is 0 Å². The number of anilines is 1. The molecule has 0 aliphatic carbocycles. The van der Waals surface area contributed by atoms with Gasteiger partial charge in [-0.2, -0.15) is 0 Å². The normalized spacial score (nSPS) is 10.3. The third kappa shape index (κ3) is 2.88. The number of aromatic carboxylic acids is 1. The first-order chi connectivity index (χ1) is 9.49. The standard InChI is InChI=1S/C15H14FNO3/c1-9-7-11(16)5-6-13(9)20-8-10-3-2-4-12(17)14(10)15(18)19/h2-7H,8,17H2,1H3,(H,18,19). The maximum absolute atomic E-state index is 13.0. The van der Waals surface area contributed by atoms with Crippen molar-refractivity contribution in [3.05, 3.63) is 58.9 Å². The molecular weight excluding hydrogens is 261 g/mol. The number of hydrogen-bond donors (Lipinski definition) is 2. The third-order valence-electron chi connectivity index (χ3n) is 2.92. The smallest absolute Gasteiger partial charge is 0.338 e. The highest BCUT2D eigenvalue weighted by atomic mass is 19.1. The van der Waals surface area contributed by atoms with Gasteiger partial charge in [0.05, 0.1) is 5.56 Å². The van der Waals surface area contributed by atoms with E-state index in [0.29, 0.717) is 16.9 Å². The highest BCUT2D eigenvalue weighted by molar-refractivity contribution is 5.95. The van der Waals surface area contributed by atoms with Gasteiger partial charge in [0.2, 0.25) is 0 Å². The topological polar surface area (TPSA) is 72.5 Å². The van der Waals surface area contributed by atoms with Crippen LogP contribution in [0.2, 0.25) is 0 Å². The van der Waals surface area contributed by atoms with E-state index in [2.05, 4.69) is 0 Å². The van der Waals surface area contributed by atoms with Crippen molar-refractivity contribution in [1.29, 1.82) is 0 Å². The van der Waals surface area contributed by atoms with Crippen LogP contribution in [-0.4, -0.2) is 11.1 Å². The molecule has 0 aliphatic heterocycles. The maximum Gasteiger partial charge on any atom is 0.338 e. The summed E-state index contributed by atoms with van der Waals surface area (Å²) < 4.78 is 18.5. The van der Waals surface area contributed by atoms with Crippen LogP contribution in [0.1, 0.15) is 21.5 Å². The summed E-state index contributed by atoms with van der Waals surface area (Å²) in [4.78, 5) is 11.2. The van der Waals surface area contributed by atoms with E-state index in [0.717, 1.165) is 0 Å². The molecule has 0 aromatic heterocycles. The van der Waals surface area contributed by atoms with E-state index in [1.165, 1.54) is 24.3 Å². The number of aryl methyl sites for hydroxylation is 1. The van der Waals surface area contributed by atoms with E-state index in [4.69, 9.17) is 15.6 Å². The minimum absolute atomic E-state index is 0.0345. The number of nitrogens with two attached hydrogens (primary N) is 1. The summed E-state index contributed by atoms with van der Waals surface area (Å²) in [5, 5.41) is 9.15. The van der Waals surface area contributed by atoms with Crippen molar-refractivity contribution in [2.45, 2.75) is 13.5 Å². The fraction of sp³-hybridized carbons (Fsp3) is 0.133. The van der Waals surface area contributed by atoms with Gasteiger partial charge in [-0.1, -0.05) is 12.1 Å². The summed E-state index contributed by atoms with van der Waals surface area (Å²) in [6.07, 6.45) is 0. The second kappa shape index (κ2) is 5.61. The van der Waals surface area contributed by atoms with Crippen LogP contribution in [0.5, 0.6) is 5.75 Å². The zero-order valence-electron chi connectivity index (χ0n) is 10.9. The quantitative estimate of drug-likeness (QED) is 0.841. The molecule has 0 fully saturated rings. The van der Waals surface area contributed by atoms with Gasteiger partial charge in [-0.25, -0.2) is 9.18 Å². The fourth-order valence-corrected chi connectivity index (χ4v) is 1.93. The van der Waals surface area contributed by atoms with Crippen LogP contribution in [0.15, 0.2) is 36.4 Å². The Morgan fingerprint density at radius 1 is 1.35 bits per heavy atom. The van der Waals surface area contributed by atoms with E-state index in [9.17, 15) is 9.18 Å². The zero-order chi connectivity index (χ0) is 14.7. The largest absolute Gasteiger partial charge is 0.489 e. The maximum atomic E-state index is 13.0. The number of carboxylic acids is 1. The average Bonchev–Trinajstić information content (AvgIpc) is 2.37. The molecule has 0 aliphatic rings. The second-order valence-electron chi connectivity index (χ2n) is 4.39. The Kier molecular flexibility index (Phi) is 3.89. The molecule has 0 saturated carbocycles. The molecule has 0 heterocycles. The number of hydrogen-bond acceptors (Lipinski definition) is 3. The molecule has 20 heavy (non-hydrogen) atoms. The fourth-order valence-electron chi connectivity index (χ4n) is 1.93. The molecule has 5 heteroatoms. The Morgan fingerprint density at radius 2 is 2.10 bits per heavy atom. The zero-order valence-corrected chi connectivity index (χ0v) is 10.9. The molecule has 0 bridgehead atoms. The predicted molar refractivity (Wildman–Crippen MR) is 73.3 cm³/mol. The summed E-state index contributed by atoms with van der Waals surface area (Å²) in [6.45, 7) is 1.77. The second-order valence-corrected chi connectivity index (χ2v) is 4.39. The summed E-state index contributed by atoms with van der Waals surface area (Å²) in [5.74, 6) is -0.937. The van der Waals surface area contributed by atoms with Crippen LogP contribution in [0.25, 0.3) is 0 Å². The van der Waals surface area contributed by atoms with Gasteiger partial charge in [0.1, 0.15) is 18.2 Å². The van der Waals surface area contributed by atoms with Crippen LogP contribution < -0.4 is 10.5 Å². The Balaban J connectivity index is 2.23. The number of benzene rings is 2. The van der Waals surface area contributed by atoms with Crippen molar-refractivity contribution in [2.75, 3.05) is 5.73 Å². The molecule has 2 aromatic carbocycles. The number of carbonyl (C=O) groups is 1. The molecule has 104 valence electrons. The van der Waals surface area contributed by atoms with E-state index in [-0.39, 0.29) is 23.7 Å². The number of carboxylic acid groups (broad SMARTS) is 1. The van der Waals surface area contributed by atoms with Crippen molar-refractivity contribution in [3.8, 4) is 5.75 Å². The molecule has 2 aromatic rings. The molecule has 0 spiro atoms. The van der Waals surface area contributed by atoms with Gasteiger partial charge in [0.25, 0.3) is 0 Å². The average molecular weight is 275 g/mol. The first-order valence-electron chi connectivity index (χ1n) is 5.98. The van der Waals surface area contributed by atoms with Gasteiger partial charge in [-0.05, 0) is 36.8 Å². The molecule has 0 saturated heterocycles. The molecule has 0 unspecified atom stereocenters. The van der Waals surface area contributed by atoms with Gasteiger partial charge in [0.15, 0.2) is 0 Å². The highest BCUT2D eigenvalue weighted by Crippen LogP contribution is 2.22. The predicted octanol–water partition coefficient (Wildman–Crippen LogP) is 2.99. The number of nitrogen functional groups attached to an aromatic ring is 1.